The molecule has 0 atom stereocenters. The number of amides is 1. The Labute approximate surface area is 95.0 Å². The molecule has 1 aromatic heterocycles. The molecule has 0 aliphatic carbocycles. The lowest BCUT2D eigenvalue weighted by molar-refractivity contribution is -0.127. The average Bonchev–Trinajstić information content (AvgIpc) is 2.74. The third-order valence-electron chi connectivity index (χ3n) is 2.31. The van der Waals surface area contributed by atoms with Gasteiger partial charge in [-0.2, -0.15) is 5.10 Å². The summed E-state index contributed by atoms with van der Waals surface area (Å²) in [6.07, 6.45) is 2.96. The molecular weight excluding hydrogens is 206 g/mol. The Morgan fingerprint density at radius 1 is 1.75 bits per heavy atom. The Bertz CT molecular complexity index is 360. The fraction of sp³-hybridized carbons (Fsp3) is 0.455. The third kappa shape index (κ3) is 2.93. The zero-order chi connectivity index (χ0) is 12.0. The quantitative estimate of drug-likeness (QED) is 0.711. The van der Waals surface area contributed by atoms with Gasteiger partial charge in [-0.05, 0) is 19.1 Å². The molecule has 1 amide bonds. The maximum Gasteiger partial charge on any atom is 0.246 e. The molecule has 0 bridgehead atoms. The van der Waals surface area contributed by atoms with Crippen molar-refractivity contribution in [3.8, 4) is 0 Å². The van der Waals surface area contributed by atoms with Crippen LogP contribution in [0.2, 0.25) is 0 Å². The van der Waals surface area contributed by atoms with Gasteiger partial charge in [0.25, 0.3) is 0 Å². The van der Waals surface area contributed by atoms with Gasteiger partial charge in [0.1, 0.15) is 0 Å². The fourth-order valence-corrected chi connectivity index (χ4v) is 1.49. The van der Waals surface area contributed by atoms with Crippen LogP contribution in [-0.2, 0) is 17.9 Å². The van der Waals surface area contributed by atoms with Crippen molar-refractivity contribution in [3.05, 3.63) is 30.6 Å². The molecule has 5 nitrogen and oxygen atoms in total. The average molecular weight is 223 g/mol. The number of aliphatic hydroxyl groups excluding tert-OH is 1. The second-order valence-electron chi connectivity index (χ2n) is 3.33. The SMILES string of the molecule is C=CC(=O)N(CCO)Cc1ccnn1CC. The molecule has 1 aromatic rings. The normalized spacial score (nSPS) is 10.1. The molecule has 0 aliphatic heterocycles. The zero-order valence-electron chi connectivity index (χ0n) is 9.46. The maximum absolute atomic E-state index is 11.5. The minimum absolute atomic E-state index is 0.0557. The van der Waals surface area contributed by atoms with Crippen molar-refractivity contribution in [3.63, 3.8) is 0 Å². The van der Waals surface area contributed by atoms with Crippen LogP contribution in [0.4, 0.5) is 0 Å². The van der Waals surface area contributed by atoms with E-state index in [2.05, 4.69) is 11.7 Å². The van der Waals surface area contributed by atoms with Crippen molar-refractivity contribution in [1.29, 1.82) is 0 Å². The van der Waals surface area contributed by atoms with Crippen LogP contribution >= 0.6 is 0 Å². The van der Waals surface area contributed by atoms with E-state index in [1.807, 2.05) is 17.7 Å². The smallest absolute Gasteiger partial charge is 0.246 e. The van der Waals surface area contributed by atoms with E-state index in [-0.39, 0.29) is 12.5 Å². The first-order valence-corrected chi connectivity index (χ1v) is 5.25. The van der Waals surface area contributed by atoms with Crippen LogP contribution in [0.1, 0.15) is 12.6 Å². The van der Waals surface area contributed by atoms with E-state index in [1.54, 1.807) is 6.20 Å². The number of hydrogen-bond donors (Lipinski definition) is 1. The second-order valence-corrected chi connectivity index (χ2v) is 3.33. The first-order valence-electron chi connectivity index (χ1n) is 5.25. The summed E-state index contributed by atoms with van der Waals surface area (Å²) in [6.45, 7) is 6.88. The van der Waals surface area contributed by atoms with E-state index in [9.17, 15) is 4.79 Å². The van der Waals surface area contributed by atoms with Crippen LogP contribution in [0.15, 0.2) is 24.9 Å². The number of hydrogen-bond acceptors (Lipinski definition) is 3. The predicted molar refractivity (Wildman–Crippen MR) is 60.6 cm³/mol. The lowest BCUT2D eigenvalue weighted by atomic mass is 10.3. The Balaban J connectivity index is 2.74. The molecule has 0 fully saturated rings. The molecule has 1 N–H and O–H groups in total. The number of aromatic nitrogens is 2. The molecular formula is C11H17N3O2. The summed E-state index contributed by atoms with van der Waals surface area (Å²) in [4.78, 5) is 13.0. The third-order valence-corrected chi connectivity index (χ3v) is 2.31. The van der Waals surface area contributed by atoms with E-state index in [0.29, 0.717) is 13.1 Å². The van der Waals surface area contributed by atoms with Crippen molar-refractivity contribution in [2.24, 2.45) is 0 Å². The van der Waals surface area contributed by atoms with Crippen LogP contribution in [0.3, 0.4) is 0 Å². The Morgan fingerprint density at radius 3 is 3.06 bits per heavy atom. The number of rotatable bonds is 6. The van der Waals surface area contributed by atoms with Gasteiger partial charge >= 0.3 is 0 Å². The van der Waals surface area contributed by atoms with Gasteiger partial charge in [0.15, 0.2) is 0 Å². The summed E-state index contributed by atoms with van der Waals surface area (Å²) < 4.78 is 1.82. The Morgan fingerprint density at radius 2 is 2.50 bits per heavy atom. The number of aliphatic hydroxyl groups is 1. The molecule has 1 rings (SSSR count). The van der Waals surface area contributed by atoms with Crippen molar-refractivity contribution in [2.45, 2.75) is 20.0 Å². The molecule has 5 heteroatoms. The van der Waals surface area contributed by atoms with Crippen molar-refractivity contribution < 1.29 is 9.90 Å². The second kappa shape index (κ2) is 6.07. The Kier molecular flexibility index (Phi) is 4.72. The highest BCUT2D eigenvalue weighted by atomic mass is 16.3. The maximum atomic E-state index is 11.5. The van der Waals surface area contributed by atoms with Crippen LogP contribution in [-0.4, -0.2) is 38.8 Å². The number of nitrogens with zero attached hydrogens (tertiary/aromatic N) is 3. The molecule has 0 spiro atoms. The first kappa shape index (κ1) is 12.4. The van der Waals surface area contributed by atoms with Crippen molar-refractivity contribution in [2.75, 3.05) is 13.2 Å². The fourth-order valence-electron chi connectivity index (χ4n) is 1.49. The van der Waals surface area contributed by atoms with E-state index >= 15 is 0 Å². The van der Waals surface area contributed by atoms with Gasteiger partial charge in [-0.15, -0.1) is 0 Å². The molecule has 1 heterocycles. The van der Waals surface area contributed by atoms with Gasteiger partial charge in [0.2, 0.25) is 5.91 Å². The standard InChI is InChI=1S/C11H17N3O2/c1-3-11(16)13(7-8-15)9-10-5-6-12-14(10)4-2/h3,5-6,15H,1,4,7-9H2,2H3. The lowest BCUT2D eigenvalue weighted by Gasteiger charge is -2.20. The summed E-state index contributed by atoms with van der Waals surface area (Å²) in [7, 11) is 0. The summed E-state index contributed by atoms with van der Waals surface area (Å²) in [5.41, 5.74) is 0.950. The molecule has 0 aromatic carbocycles. The summed E-state index contributed by atoms with van der Waals surface area (Å²) in [6, 6.07) is 1.87. The molecule has 0 unspecified atom stereocenters. The number of carbonyl (C=O) groups is 1. The van der Waals surface area contributed by atoms with Crippen LogP contribution < -0.4 is 0 Å². The van der Waals surface area contributed by atoms with E-state index < -0.39 is 0 Å². The van der Waals surface area contributed by atoms with E-state index in [1.165, 1.54) is 11.0 Å². The van der Waals surface area contributed by atoms with Gasteiger partial charge in [0.05, 0.1) is 18.8 Å². The number of aryl methyl sites for hydroxylation is 1. The molecule has 0 radical (unpaired) electrons. The zero-order valence-corrected chi connectivity index (χ0v) is 9.46. The summed E-state index contributed by atoms with van der Waals surface area (Å²) >= 11 is 0. The van der Waals surface area contributed by atoms with Gasteiger partial charge in [0, 0.05) is 19.3 Å². The molecule has 88 valence electrons. The molecule has 0 saturated carbocycles. The van der Waals surface area contributed by atoms with Gasteiger partial charge in [-0.3, -0.25) is 9.48 Å². The monoisotopic (exact) mass is 223 g/mol. The van der Waals surface area contributed by atoms with E-state index in [4.69, 9.17) is 5.11 Å². The topological polar surface area (TPSA) is 58.4 Å². The summed E-state index contributed by atoms with van der Waals surface area (Å²) in [5.74, 6) is -0.182. The van der Waals surface area contributed by atoms with E-state index in [0.717, 1.165) is 12.2 Å². The molecule has 0 aliphatic rings. The highest BCUT2D eigenvalue weighted by Crippen LogP contribution is 2.05. The minimum atomic E-state index is -0.182. The highest BCUT2D eigenvalue weighted by molar-refractivity contribution is 5.86. The summed E-state index contributed by atoms with van der Waals surface area (Å²) in [5, 5.41) is 13.0. The Hall–Kier alpha value is -1.62. The first-order chi connectivity index (χ1) is 7.72. The lowest BCUT2D eigenvalue weighted by Crippen LogP contribution is -2.32. The highest BCUT2D eigenvalue weighted by Gasteiger charge is 2.12. The van der Waals surface area contributed by atoms with Crippen LogP contribution in [0.25, 0.3) is 0 Å². The largest absolute Gasteiger partial charge is 0.395 e. The molecule has 0 saturated heterocycles. The number of carbonyl (C=O) groups excluding carboxylic acids is 1. The van der Waals surface area contributed by atoms with Crippen LogP contribution in [0, 0.1) is 0 Å². The van der Waals surface area contributed by atoms with Gasteiger partial charge in [-0.1, -0.05) is 6.58 Å². The molecule has 16 heavy (non-hydrogen) atoms. The predicted octanol–water partition coefficient (Wildman–Crippen LogP) is 0.410. The minimum Gasteiger partial charge on any atom is -0.395 e. The van der Waals surface area contributed by atoms with Crippen molar-refractivity contribution >= 4 is 5.91 Å². The van der Waals surface area contributed by atoms with Gasteiger partial charge < -0.3 is 10.0 Å². The van der Waals surface area contributed by atoms with Crippen LogP contribution in [0.5, 0.6) is 0 Å². The van der Waals surface area contributed by atoms with Crippen molar-refractivity contribution in [1.82, 2.24) is 14.7 Å². The van der Waals surface area contributed by atoms with Gasteiger partial charge in [-0.25, -0.2) is 0 Å².